The highest BCUT2D eigenvalue weighted by Gasteiger charge is 2.24. The summed E-state index contributed by atoms with van der Waals surface area (Å²) in [5.74, 6) is 0.610. The third-order valence-corrected chi connectivity index (χ3v) is 5.10. The zero-order valence-electron chi connectivity index (χ0n) is 12.2. The minimum absolute atomic E-state index is 0.0546. The normalized spacial score (nSPS) is 17.9. The molecule has 0 spiro atoms. The second-order valence-electron chi connectivity index (χ2n) is 5.57. The monoisotopic (exact) mass is 295 g/mol. The number of nitrogens with zero attached hydrogens (tertiary/aromatic N) is 1. The number of nitrogens with two attached hydrogens (primary N) is 1. The van der Waals surface area contributed by atoms with E-state index in [1.54, 1.807) is 11.3 Å². The van der Waals surface area contributed by atoms with Gasteiger partial charge in [-0.1, -0.05) is 26.2 Å². The van der Waals surface area contributed by atoms with Gasteiger partial charge in [0.1, 0.15) is 0 Å². The van der Waals surface area contributed by atoms with Crippen LogP contribution in [0.1, 0.15) is 49.7 Å². The fourth-order valence-corrected chi connectivity index (χ4v) is 3.67. The van der Waals surface area contributed by atoms with Crippen LogP contribution < -0.4 is 11.1 Å². The number of amides is 1. The summed E-state index contributed by atoms with van der Waals surface area (Å²) in [7, 11) is 0. The minimum atomic E-state index is 0.0546. The Balaban J connectivity index is 1.85. The van der Waals surface area contributed by atoms with E-state index in [1.807, 2.05) is 5.38 Å². The molecule has 1 fully saturated rings. The van der Waals surface area contributed by atoms with Gasteiger partial charge in [0.05, 0.1) is 17.1 Å². The van der Waals surface area contributed by atoms with E-state index in [0.29, 0.717) is 18.9 Å². The van der Waals surface area contributed by atoms with Gasteiger partial charge in [0.25, 0.3) is 0 Å². The summed E-state index contributed by atoms with van der Waals surface area (Å²) in [6.07, 6.45) is 7.55. The lowest BCUT2D eigenvalue weighted by Crippen LogP contribution is -2.46. The van der Waals surface area contributed by atoms with E-state index in [9.17, 15) is 4.79 Å². The summed E-state index contributed by atoms with van der Waals surface area (Å²) in [5.41, 5.74) is 6.72. The topological polar surface area (TPSA) is 68.0 Å². The first-order chi connectivity index (χ1) is 9.72. The van der Waals surface area contributed by atoms with E-state index in [1.165, 1.54) is 32.1 Å². The minimum Gasteiger partial charge on any atom is -0.351 e. The summed E-state index contributed by atoms with van der Waals surface area (Å²) in [4.78, 5) is 16.6. The number of aromatic nitrogens is 1. The van der Waals surface area contributed by atoms with Crippen molar-refractivity contribution in [1.82, 2.24) is 10.3 Å². The Morgan fingerprint density at radius 3 is 2.85 bits per heavy atom. The number of hydrogen-bond acceptors (Lipinski definition) is 4. The lowest BCUT2D eigenvalue weighted by molar-refractivity contribution is -0.121. The number of aryl methyl sites for hydroxylation is 1. The fraction of sp³-hybridized carbons (Fsp3) is 0.733. The quantitative estimate of drug-likeness (QED) is 0.846. The Labute approximate surface area is 125 Å². The number of rotatable bonds is 6. The second kappa shape index (κ2) is 7.74. The van der Waals surface area contributed by atoms with Gasteiger partial charge in [-0.3, -0.25) is 4.79 Å². The molecule has 0 radical (unpaired) electrons. The molecular weight excluding hydrogens is 270 g/mol. The molecule has 1 aliphatic carbocycles. The first kappa shape index (κ1) is 15.4. The molecule has 1 heterocycles. The van der Waals surface area contributed by atoms with Gasteiger partial charge in [-0.05, 0) is 25.2 Å². The van der Waals surface area contributed by atoms with Crippen LogP contribution in [-0.4, -0.2) is 23.5 Å². The van der Waals surface area contributed by atoms with Crippen molar-refractivity contribution >= 4 is 17.2 Å². The molecule has 1 aliphatic rings. The van der Waals surface area contributed by atoms with Gasteiger partial charge < -0.3 is 11.1 Å². The summed E-state index contributed by atoms with van der Waals surface area (Å²) >= 11 is 1.63. The van der Waals surface area contributed by atoms with Crippen LogP contribution in [0.15, 0.2) is 5.38 Å². The SMILES string of the molecule is CCc1nc(CC(=O)NC(CN)C2CCCCC2)cs1. The molecular formula is C15H25N3OS. The first-order valence-corrected chi connectivity index (χ1v) is 8.53. The second-order valence-corrected chi connectivity index (χ2v) is 6.51. The summed E-state index contributed by atoms with van der Waals surface area (Å²) in [5, 5.41) is 6.19. The lowest BCUT2D eigenvalue weighted by Gasteiger charge is -2.30. The summed E-state index contributed by atoms with van der Waals surface area (Å²) in [6.45, 7) is 2.61. The van der Waals surface area contributed by atoms with E-state index in [2.05, 4.69) is 17.2 Å². The van der Waals surface area contributed by atoms with Crippen LogP contribution in [0.4, 0.5) is 0 Å². The molecule has 1 saturated carbocycles. The highest BCUT2D eigenvalue weighted by Crippen LogP contribution is 2.26. The number of nitrogens with one attached hydrogen (secondary N) is 1. The van der Waals surface area contributed by atoms with E-state index in [4.69, 9.17) is 5.73 Å². The summed E-state index contributed by atoms with van der Waals surface area (Å²) < 4.78 is 0. The first-order valence-electron chi connectivity index (χ1n) is 7.65. The van der Waals surface area contributed by atoms with Gasteiger partial charge in [0.15, 0.2) is 0 Å². The van der Waals surface area contributed by atoms with Gasteiger partial charge in [0.2, 0.25) is 5.91 Å². The highest BCUT2D eigenvalue weighted by atomic mass is 32.1. The van der Waals surface area contributed by atoms with E-state index < -0.39 is 0 Å². The highest BCUT2D eigenvalue weighted by molar-refractivity contribution is 7.09. The molecule has 112 valence electrons. The molecule has 1 aromatic heterocycles. The van der Waals surface area contributed by atoms with Crippen LogP contribution in [-0.2, 0) is 17.6 Å². The maximum absolute atomic E-state index is 12.1. The van der Waals surface area contributed by atoms with Crippen molar-refractivity contribution in [3.8, 4) is 0 Å². The van der Waals surface area contributed by atoms with Crippen molar-refractivity contribution in [3.05, 3.63) is 16.1 Å². The number of carbonyl (C=O) groups is 1. The smallest absolute Gasteiger partial charge is 0.226 e. The maximum Gasteiger partial charge on any atom is 0.226 e. The van der Waals surface area contributed by atoms with Crippen molar-refractivity contribution in [1.29, 1.82) is 0 Å². The van der Waals surface area contributed by atoms with Crippen LogP contribution in [0, 0.1) is 5.92 Å². The molecule has 2 rings (SSSR count). The van der Waals surface area contributed by atoms with E-state index in [0.717, 1.165) is 17.1 Å². The molecule has 3 N–H and O–H groups in total. The van der Waals surface area contributed by atoms with Gasteiger partial charge in [0, 0.05) is 18.0 Å². The molecule has 0 bridgehead atoms. The predicted molar refractivity (Wildman–Crippen MR) is 82.8 cm³/mol. The van der Waals surface area contributed by atoms with Crippen molar-refractivity contribution < 1.29 is 4.79 Å². The molecule has 1 aromatic rings. The Kier molecular flexibility index (Phi) is 5.98. The molecule has 4 nitrogen and oxygen atoms in total. The molecule has 1 atom stereocenters. The van der Waals surface area contributed by atoms with E-state index in [-0.39, 0.29) is 11.9 Å². The number of carbonyl (C=O) groups excluding carboxylic acids is 1. The van der Waals surface area contributed by atoms with E-state index >= 15 is 0 Å². The zero-order chi connectivity index (χ0) is 14.4. The molecule has 1 amide bonds. The Hall–Kier alpha value is -0.940. The van der Waals surface area contributed by atoms with Crippen molar-refractivity contribution in [2.24, 2.45) is 11.7 Å². The van der Waals surface area contributed by atoms with Crippen LogP contribution >= 0.6 is 11.3 Å². The standard InChI is InChI=1S/C15H25N3OS/c1-2-15-17-12(10-20-15)8-14(19)18-13(9-16)11-6-4-3-5-7-11/h10-11,13H,2-9,16H2,1H3,(H,18,19). The van der Waals surface area contributed by atoms with Crippen LogP contribution in [0.2, 0.25) is 0 Å². The van der Waals surface area contributed by atoms with Crippen LogP contribution in [0.5, 0.6) is 0 Å². The Bertz CT molecular complexity index is 427. The van der Waals surface area contributed by atoms with Gasteiger partial charge in [-0.15, -0.1) is 11.3 Å². The number of hydrogen-bond donors (Lipinski definition) is 2. The van der Waals surface area contributed by atoms with Gasteiger partial charge >= 0.3 is 0 Å². The molecule has 1 unspecified atom stereocenters. The van der Waals surface area contributed by atoms with Gasteiger partial charge in [-0.2, -0.15) is 0 Å². The largest absolute Gasteiger partial charge is 0.351 e. The third kappa shape index (κ3) is 4.28. The average molecular weight is 295 g/mol. The lowest BCUT2D eigenvalue weighted by atomic mass is 9.84. The van der Waals surface area contributed by atoms with Crippen molar-refractivity contribution in [3.63, 3.8) is 0 Å². The van der Waals surface area contributed by atoms with Crippen LogP contribution in [0.3, 0.4) is 0 Å². The molecule has 5 heteroatoms. The van der Waals surface area contributed by atoms with Crippen molar-refractivity contribution in [2.75, 3.05) is 6.54 Å². The van der Waals surface area contributed by atoms with Gasteiger partial charge in [-0.25, -0.2) is 4.98 Å². The average Bonchev–Trinajstić information content (AvgIpc) is 2.93. The molecule has 0 saturated heterocycles. The summed E-state index contributed by atoms with van der Waals surface area (Å²) in [6, 6.07) is 0.132. The number of thiazole rings is 1. The molecule has 0 aromatic carbocycles. The Morgan fingerprint density at radius 2 is 2.25 bits per heavy atom. The third-order valence-electron chi connectivity index (χ3n) is 4.06. The predicted octanol–water partition coefficient (Wildman–Crippen LogP) is 2.27. The Morgan fingerprint density at radius 1 is 1.50 bits per heavy atom. The maximum atomic E-state index is 12.1. The molecule has 20 heavy (non-hydrogen) atoms. The fourth-order valence-electron chi connectivity index (χ4n) is 2.92. The van der Waals surface area contributed by atoms with Crippen molar-refractivity contribution in [2.45, 2.75) is 57.9 Å². The molecule has 0 aliphatic heterocycles. The van der Waals surface area contributed by atoms with Crippen LogP contribution in [0.25, 0.3) is 0 Å². The zero-order valence-corrected chi connectivity index (χ0v) is 13.0.